The van der Waals surface area contributed by atoms with Gasteiger partial charge >= 0.3 is 0 Å². The summed E-state index contributed by atoms with van der Waals surface area (Å²) < 4.78 is 15.5. The van der Waals surface area contributed by atoms with Gasteiger partial charge in [-0.2, -0.15) is 4.80 Å². The number of halogens is 1. The Morgan fingerprint density at radius 1 is 1.22 bits per heavy atom. The molecule has 0 aliphatic heterocycles. The number of fused-ring (bicyclic) bond motifs is 1. The van der Waals surface area contributed by atoms with Crippen molar-refractivity contribution in [2.45, 2.75) is 19.3 Å². The molecule has 2 aliphatic carbocycles. The van der Waals surface area contributed by atoms with Crippen LogP contribution in [0.2, 0.25) is 0 Å². The molecule has 1 aromatic carbocycles. The van der Waals surface area contributed by atoms with Gasteiger partial charge in [-0.15, -0.1) is 10.2 Å². The van der Waals surface area contributed by atoms with Crippen LogP contribution in [0.5, 0.6) is 0 Å². The summed E-state index contributed by atoms with van der Waals surface area (Å²) >= 11 is 0. The molecule has 32 heavy (non-hydrogen) atoms. The van der Waals surface area contributed by atoms with Gasteiger partial charge in [0.2, 0.25) is 11.7 Å². The average Bonchev–Trinajstić information content (AvgIpc) is 3.41. The van der Waals surface area contributed by atoms with Crippen LogP contribution in [0.25, 0.3) is 23.0 Å². The molecule has 0 radical (unpaired) electrons. The van der Waals surface area contributed by atoms with Crippen molar-refractivity contribution in [3.05, 3.63) is 52.5 Å². The maximum atomic E-state index is 15.5. The third-order valence-corrected chi connectivity index (χ3v) is 5.67. The number of nitrogens with one attached hydrogen (secondary N) is 2. The van der Waals surface area contributed by atoms with Crippen LogP contribution in [-0.2, 0) is 18.3 Å². The number of aryl methyl sites for hydroxylation is 1. The summed E-state index contributed by atoms with van der Waals surface area (Å²) in [6.07, 6.45) is 5.27. The van der Waals surface area contributed by atoms with Crippen LogP contribution in [0.4, 0.5) is 10.2 Å². The lowest BCUT2D eigenvalue weighted by molar-refractivity contribution is -0.117. The highest BCUT2D eigenvalue weighted by Crippen LogP contribution is 2.39. The highest BCUT2D eigenvalue weighted by Gasteiger charge is 2.32. The van der Waals surface area contributed by atoms with Crippen molar-refractivity contribution in [3.8, 4) is 11.4 Å². The molecule has 2 aliphatic rings. The number of hydrogen-bond donors (Lipinski definition) is 2. The molecule has 10 heteroatoms. The van der Waals surface area contributed by atoms with Gasteiger partial charge in [0.05, 0.1) is 18.2 Å². The fourth-order valence-corrected chi connectivity index (χ4v) is 3.83. The first kappa shape index (κ1) is 20.0. The van der Waals surface area contributed by atoms with Crippen LogP contribution in [0.1, 0.15) is 39.9 Å². The number of anilines is 1. The van der Waals surface area contributed by atoms with Gasteiger partial charge in [-0.3, -0.25) is 9.59 Å². The summed E-state index contributed by atoms with van der Waals surface area (Å²) in [6.45, 7) is 0. The number of aromatic nitrogens is 5. The summed E-state index contributed by atoms with van der Waals surface area (Å²) in [7, 11) is 3.15. The van der Waals surface area contributed by atoms with Crippen molar-refractivity contribution < 1.29 is 14.0 Å². The minimum absolute atomic E-state index is 0.00788. The molecule has 1 fully saturated rings. The third kappa shape index (κ3) is 3.43. The number of pyridine rings is 1. The Labute approximate surface area is 182 Å². The third-order valence-electron chi connectivity index (χ3n) is 5.67. The number of tetrazole rings is 1. The highest BCUT2D eigenvalue weighted by atomic mass is 19.1. The molecule has 2 heterocycles. The number of allylic oxidation sites excluding steroid dienone is 1. The van der Waals surface area contributed by atoms with Crippen molar-refractivity contribution in [2.75, 3.05) is 12.4 Å². The smallest absolute Gasteiger partial charge is 0.253 e. The molecule has 0 bridgehead atoms. The number of hydrogen-bond acceptors (Lipinski definition) is 6. The van der Waals surface area contributed by atoms with Crippen molar-refractivity contribution in [3.63, 3.8) is 0 Å². The Hall–Kier alpha value is -3.95. The van der Waals surface area contributed by atoms with E-state index in [2.05, 4.69) is 31.0 Å². The van der Waals surface area contributed by atoms with Crippen LogP contribution in [-0.4, -0.2) is 44.1 Å². The lowest BCUT2D eigenvalue weighted by Gasteiger charge is -2.12. The van der Waals surface area contributed by atoms with E-state index in [-0.39, 0.29) is 29.1 Å². The Morgan fingerprint density at radius 3 is 2.69 bits per heavy atom. The Bertz CT molecular complexity index is 1290. The number of amides is 2. The van der Waals surface area contributed by atoms with Crippen molar-refractivity contribution in [1.82, 2.24) is 30.5 Å². The Balaban J connectivity index is 1.56. The van der Waals surface area contributed by atoms with E-state index in [0.717, 1.165) is 12.8 Å². The van der Waals surface area contributed by atoms with Crippen LogP contribution in [0.15, 0.2) is 24.4 Å². The van der Waals surface area contributed by atoms with Gasteiger partial charge < -0.3 is 10.6 Å². The molecule has 2 amide bonds. The Morgan fingerprint density at radius 2 is 2.00 bits per heavy atom. The minimum atomic E-state index is -0.474. The average molecular weight is 433 g/mol. The maximum absolute atomic E-state index is 15.5. The van der Waals surface area contributed by atoms with Gasteiger partial charge in [0.15, 0.2) is 0 Å². The molecular formula is C22H20FN7O2. The predicted octanol–water partition coefficient (Wildman–Crippen LogP) is 2.22. The molecule has 0 atom stereocenters. The molecule has 1 saturated carbocycles. The van der Waals surface area contributed by atoms with Crippen molar-refractivity contribution in [2.24, 2.45) is 13.0 Å². The first-order valence-corrected chi connectivity index (χ1v) is 10.2. The standard InChI is InChI=1S/C22H20FN7O2/c1-24-22(32)17-10-25-19(26-21(31)11-6-7-11)16-9-12(8-15(16)17)13-4-3-5-14(18(13)23)20-27-29-30(2)28-20/h3-5,8,10-11H,6-7,9H2,1-2H3,(H,24,32)(H,25,26,31). The summed E-state index contributed by atoms with van der Waals surface area (Å²) in [4.78, 5) is 30.3. The topological polar surface area (TPSA) is 115 Å². The summed E-state index contributed by atoms with van der Waals surface area (Å²) in [5, 5.41) is 17.2. The van der Waals surface area contributed by atoms with Crippen LogP contribution in [0.3, 0.4) is 0 Å². The van der Waals surface area contributed by atoms with Crippen molar-refractivity contribution >= 4 is 29.3 Å². The first-order chi connectivity index (χ1) is 15.5. The highest BCUT2D eigenvalue weighted by molar-refractivity contribution is 6.04. The lowest BCUT2D eigenvalue weighted by Crippen LogP contribution is -2.21. The zero-order chi connectivity index (χ0) is 22.4. The zero-order valence-corrected chi connectivity index (χ0v) is 17.5. The SMILES string of the molecule is CNC(=O)c1cnc(NC(=O)C2CC2)c2c1C=C(c1cccc(-c3nnn(C)n3)c1F)C2. The van der Waals surface area contributed by atoms with Gasteiger partial charge in [0.1, 0.15) is 11.6 Å². The minimum Gasteiger partial charge on any atom is -0.355 e. The quantitative estimate of drug-likeness (QED) is 0.638. The van der Waals surface area contributed by atoms with Gasteiger partial charge in [-0.25, -0.2) is 9.37 Å². The molecule has 162 valence electrons. The molecule has 2 aromatic heterocycles. The van der Waals surface area contributed by atoms with E-state index >= 15 is 4.39 Å². The van der Waals surface area contributed by atoms with E-state index in [9.17, 15) is 9.59 Å². The molecule has 0 saturated heterocycles. The number of nitrogens with zero attached hydrogens (tertiary/aromatic N) is 5. The fourth-order valence-electron chi connectivity index (χ4n) is 3.83. The van der Waals surface area contributed by atoms with Crippen molar-refractivity contribution in [1.29, 1.82) is 0 Å². The molecule has 0 unspecified atom stereocenters. The second-order valence-corrected chi connectivity index (χ2v) is 7.87. The van der Waals surface area contributed by atoms with Gasteiger partial charge in [-0.05, 0) is 41.3 Å². The zero-order valence-electron chi connectivity index (χ0n) is 17.5. The summed E-state index contributed by atoms with van der Waals surface area (Å²) in [5.74, 6) is -0.255. The van der Waals surface area contributed by atoms with Gasteiger partial charge in [0, 0.05) is 36.7 Å². The molecule has 5 rings (SSSR count). The normalized spacial score (nSPS) is 14.7. The van der Waals surface area contributed by atoms with E-state index in [1.165, 1.54) is 18.0 Å². The molecule has 2 N–H and O–H groups in total. The number of benzene rings is 1. The summed E-state index contributed by atoms with van der Waals surface area (Å²) in [5.41, 5.74) is 2.96. The second-order valence-electron chi connectivity index (χ2n) is 7.87. The van der Waals surface area contributed by atoms with E-state index in [1.54, 1.807) is 31.3 Å². The van der Waals surface area contributed by atoms with E-state index in [0.29, 0.717) is 40.1 Å². The van der Waals surface area contributed by atoms with Gasteiger partial charge in [0.25, 0.3) is 5.91 Å². The molecule has 0 spiro atoms. The fraction of sp³-hybridized carbons (Fsp3) is 0.273. The molecular weight excluding hydrogens is 413 g/mol. The van der Waals surface area contributed by atoms with E-state index in [4.69, 9.17) is 0 Å². The van der Waals surface area contributed by atoms with Gasteiger partial charge in [-0.1, -0.05) is 12.1 Å². The Kier molecular flexibility index (Phi) is 4.76. The first-order valence-electron chi connectivity index (χ1n) is 10.2. The summed E-state index contributed by atoms with van der Waals surface area (Å²) in [6, 6.07) is 4.99. The number of carbonyl (C=O) groups excluding carboxylic acids is 2. The largest absolute Gasteiger partial charge is 0.355 e. The molecule has 3 aromatic rings. The number of carbonyl (C=O) groups is 2. The lowest BCUT2D eigenvalue weighted by atomic mass is 10.00. The van der Waals surface area contributed by atoms with Crippen LogP contribution >= 0.6 is 0 Å². The van der Waals surface area contributed by atoms with E-state index in [1.807, 2.05) is 0 Å². The molecule has 9 nitrogen and oxygen atoms in total. The predicted molar refractivity (Wildman–Crippen MR) is 115 cm³/mol. The van der Waals surface area contributed by atoms with E-state index < -0.39 is 5.82 Å². The monoisotopic (exact) mass is 433 g/mol. The number of rotatable bonds is 5. The second kappa shape index (κ2) is 7.63. The van der Waals surface area contributed by atoms with Crippen LogP contribution < -0.4 is 10.6 Å². The maximum Gasteiger partial charge on any atom is 0.253 e. The van der Waals surface area contributed by atoms with Crippen LogP contribution in [0, 0.1) is 11.7 Å².